The van der Waals surface area contributed by atoms with Crippen LogP contribution in [0.2, 0.25) is 5.02 Å². The Morgan fingerprint density at radius 3 is 2.44 bits per heavy atom. The summed E-state index contributed by atoms with van der Waals surface area (Å²) in [7, 11) is 3.20. The predicted octanol–water partition coefficient (Wildman–Crippen LogP) is 6.15. The van der Waals surface area contributed by atoms with E-state index in [4.69, 9.17) is 31.2 Å². The molecule has 1 saturated carbocycles. The van der Waals surface area contributed by atoms with E-state index in [0.29, 0.717) is 35.5 Å². The van der Waals surface area contributed by atoms with Gasteiger partial charge in [-0.25, -0.2) is 14.5 Å². The van der Waals surface area contributed by atoms with Crippen LogP contribution in [0.25, 0.3) is 22.8 Å². The Labute approximate surface area is 232 Å². The summed E-state index contributed by atoms with van der Waals surface area (Å²) in [4.78, 5) is 24.3. The lowest BCUT2D eigenvalue weighted by Gasteiger charge is -2.29. The molecule has 10 heteroatoms. The Hall–Kier alpha value is -4.11. The highest BCUT2D eigenvalue weighted by atomic mass is 35.5. The molecule has 0 saturated heterocycles. The molecule has 1 aliphatic rings. The van der Waals surface area contributed by atoms with Crippen molar-refractivity contribution in [2.75, 3.05) is 26.1 Å². The minimum absolute atomic E-state index is 0.129. The van der Waals surface area contributed by atoms with Gasteiger partial charge in [-0.3, -0.25) is 4.98 Å². The van der Waals surface area contributed by atoms with Crippen LogP contribution in [-0.4, -0.2) is 57.5 Å². The fourth-order valence-corrected chi connectivity index (χ4v) is 5.14. The van der Waals surface area contributed by atoms with Crippen LogP contribution in [0.1, 0.15) is 25.7 Å². The standard InChI is InChI=1S/C29H31ClN6O3/c1-38-24-10-8-22(9-11-24)32-29(37)35(23-5-3-4-6-23)17-18-36-28(21-7-12-26(39-2)25(30)19-21)33-27(34-36)20-13-15-31-16-14-20/h7-16,19,23H,3-6,17-18H2,1-2H3,(H,32,37). The quantitative estimate of drug-likeness (QED) is 0.270. The molecule has 0 spiro atoms. The van der Waals surface area contributed by atoms with Crippen LogP contribution >= 0.6 is 11.6 Å². The molecule has 0 aliphatic heterocycles. The Bertz CT molecular complexity index is 1400. The number of urea groups is 1. The zero-order valence-electron chi connectivity index (χ0n) is 22.0. The number of anilines is 1. The highest BCUT2D eigenvalue weighted by Crippen LogP contribution is 2.31. The van der Waals surface area contributed by atoms with Gasteiger partial charge in [0.1, 0.15) is 11.5 Å². The zero-order chi connectivity index (χ0) is 27.2. The van der Waals surface area contributed by atoms with Crippen LogP contribution in [0, 0.1) is 0 Å². The van der Waals surface area contributed by atoms with E-state index in [1.807, 2.05) is 64.2 Å². The number of carbonyl (C=O) groups excluding carboxylic acids is 1. The van der Waals surface area contributed by atoms with E-state index in [1.165, 1.54) is 0 Å². The summed E-state index contributed by atoms with van der Waals surface area (Å²) < 4.78 is 12.4. The van der Waals surface area contributed by atoms with Gasteiger partial charge in [-0.1, -0.05) is 24.4 Å². The lowest BCUT2D eigenvalue weighted by atomic mass is 10.2. The first kappa shape index (κ1) is 26.5. The van der Waals surface area contributed by atoms with E-state index in [-0.39, 0.29) is 12.1 Å². The third kappa shape index (κ3) is 6.15. The van der Waals surface area contributed by atoms with Crippen molar-refractivity contribution in [3.05, 3.63) is 72.0 Å². The van der Waals surface area contributed by atoms with Crippen molar-refractivity contribution >= 4 is 23.3 Å². The molecule has 0 radical (unpaired) electrons. The molecule has 0 unspecified atom stereocenters. The average molecular weight is 547 g/mol. The van der Waals surface area contributed by atoms with Gasteiger partial charge in [0.05, 0.1) is 25.8 Å². The van der Waals surface area contributed by atoms with Gasteiger partial charge in [0, 0.05) is 41.8 Å². The van der Waals surface area contributed by atoms with Gasteiger partial charge in [-0.2, -0.15) is 5.10 Å². The number of hydrogen-bond acceptors (Lipinski definition) is 6. The molecule has 39 heavy (non-hydrogen) atoms. The van der Waals surface area contributed by atoms with Crippen LogP contribution in [0.4, 0.5) is 10.5 Å². The average Bonchev–Trinajstić information content (AvgIpc) is 3.65. The van der Waals surface area contributed by atoms with Crippen LogP contribution in [0.15, 0.2) is 67.0 Å². The van der Waals surface area contributed by atoms with Gasteiger partial charge >= 0.3 is 6.03 Å². The van der Waals surface area contributed by atoms with E-state index in [9.17, 15) is 4.79 Å². The maximum atomic E-state index is 13.5. The Kier molecular flexibility index (Phi) is 8.27. The monoisotopic (exact) mass is 546 g/mol. The largest absolute Gasteiger partial charge is 0.497 e. The van der Waals surface area contributed by atoms with E-state index in [0.717, 1.165) is 48.2 Å². The summed E-state index contributed by atoms with van der Waals surface area (Å²) in [6, 6.07) is 16.7. The topological polar surface area (TPSA) is 94.4 Å². The highest BCUT2D eigenvalue weighted by Gasteiger charge is 2.27. The fraction of sp³-hybridized carbons (Fsp3) is 0.310. The number of carbonyl (C=O) groups is 1. The number of rotatable bonds is 9. The Balaban J connectivity index is 1.42. The first-order valence-electron chi connectivity index (χ1n) is 13.0. The van der Waals surface area contributed by atoms with Crippen LogP contribution < -0.4 is 14.8 Å². The van der Waals surface area contributed by atoms with Crippen molar-refractivity contribution < 1.29 is 14.3 Å². The Morgan fingerprint density at radius 1 is 1.03 bits per heavy atom. The molecule has 0 bridgehead atoms. The fourth-order valence-electron chi connectivity index (χ4n) is 4.88. The summed E-state index contributed by atoms with van der Waals surface area (Å²) in [5, 5.41) is 8.36. The van der Waals surface area contributed by atoms with Crippen LogP contribution in [0.3, 0.4) is 0 Å². The summed E-state index contributed by atoms with van der Waals surface area (Å²) in [6.07, 6.45) is 7.62. The number of ether oxygens (including phenoxy) is 2. The lowest BCUT2D eigenvalue weighted by Crippen LogP contribution is -2.43. The number of aromatic nitrogens is 4. The zero-order valence-corrected chi connectivity index (χ0v) is 22.8. The normalized spacial score (nSPS) is 13.3. The molecule has 5 rings (SSSR count). The Morgan fingerprint density at radius 2 is 1.77 bits per heavy atom. The third-order valence-corrected chi connectivity index (χ3v) is 7.24. The summed E-state index contributed by atoms with van der Waals surface area (Å²) in [5.74, 6) is 2.56. The smallest absolute Gasteiger partial charge is 0.322 e. The van der Waals surface area contributed by atoms with Crippen molar-refractivity contribution in [3.63, 3.8) is 0 Å². The molecule has 202 valence electrons. The van der Waals surface area contributed by atoms with E-state index < -0.39 is 0 Å². The highest BCUT2D eigenvalue weighted by molar-refractivity contribution is 6.32. The molecule has 1 N–H and O–H groups in total. The number of benzene rings is 2. The molecule has 1 aliphatic carbocycles. The van der Waals surface area contributed by atoms with Gasteiger partial charge in [0.15, 0.2) is 11.6 Å². The minimum Gasteiger partial charge on any atom is -0.497 e. The molecular weight excluding hydrogens is 516 g/mol. The maximum Gasteiger partial charge on any atom is 0.322 e. The molecule has 0 atom stereocenters. The van der Waals surface area contributed by atoms with Gasteiger partial charge in [-0.05, 0) is 67.4 Å². The van der Waals surface area contributed by atoms with Gasteiger partial charge in [0.25, 0.3) is 0 Å². The second kappa shape index (κ2) is 12.2. The minimum atomic E-state index is -0.129. The summed E-state index contributed by atoms with van der Waals surface area (Å²) in [6.45, 7) is 0.937. The van der Waals surface area contributed by atoms with Crippen molar-refractivity contribution in [3.8, 4) is 34.3 Å². The third-order valence-electron chi connectivity index (χ3n) is 6.94. The van der Waals surface area contributed by atoms with Crippen LogP contribution in [-0.2, 0) is 6.54 Å². The van der Waals surface area contributed by atoms with Crippen LogP contribution in [0.5, 0.6) is 11.5 Å². The van der Waals surface area contributed by atoms with E-state index >= 15 is 0 Å². The molecule has 2 aromatic heterocycles. The van der Waals surface area contributed by atoms with Gasteiger partial charge in [0.2, 0.25) is 0 Å². The van der Waals surface area contributed by atoms with Gasteiger partial charge < -0.3 is 19.7 Å². The predicted molar refractivity (Wildman–Crippen MR) is 151 cm³/mol. The second-order valence-corrected chi connectivity index (χ2v) is 9.76. The molecule has 4 aromatic rings. The maximum absolute atomic E-state index is 13.5. The van der Waals surface area contributed by atoms with Crippen molar-refractivity contribution in [2.45, 2.75) is 38.3 Å². The van der Waals surface area contributed by atoms with Crippen molar-refractivity contribution in [2.24, 2.45) is 0 Å². The summed E-state index contributed by atoms with van der Waals surface area (Å²) in [5.41, 5.74) is 2.39. The van der Waals surface area contributed by atoms with Gasteiger partial charge in [-0.15, -0.1) is 0 Å². The SMILES string of the molecule is COc1ccc(NC(=O)N(CCn2nc(-c3ccncc3)nc2-c2ccc(OC)c(Cl)c2)C2CCCC2)cc1. The summed E-state index contributed by atoms with van der Waals surface area (Å²) >= 11 is 6.45. The lowest BCUT2D eigenvalue weighted by molar-refractivity contribution is 0.184. The molecule has 2 heterocycles. The number of halogens is 1. The number of pyridine rings is 1. The number of nitrogens with zero attached hydrogens (tertiary/aromatic N) is 5. The van der Waals surface area contributed by atoms with Crippen molar-refractivity contribution in [1.29, 1.82) is 0 Å². The number of nitrogens with one attached hydrogen (secondary N) is 1. The van der Waals surface area contributed by atoms with E-state index in [1.54, 1.807) is 26.6 Å². The molecule has 2 amide bonds. The first-order valence-corrected chi connectivity index (χ1v) is 13.3. The van der Waals surface area contributed by atoms with E-state index in [2.05, 4.69) is 10.3 Å². The number of methoxy groups -OCH3 is 2. The van der Waals surface area contributed by atoms with Crippen molar-refractivity contribution in [1.82, 2.24) is 24.6 Å². The molecular formula is C29H31ClN6O3. The first-order chi connectivity index (χ1) is 19.1. The number of amides is 2. The molecule has 2 aromatic carbocycles. The molecule has 1 fully saturated rings. The second-order valence-electron chi connectivity index (χ2n) is 9.36. The molecule has 9 nitrogen and oxygen atoms in total. The number of hydrogen-bond donors (Lipinski definition) is 1.